The van der Waals surface area contributed by atoms with Crippen LogP contribution >= 0.6 is 23.1 Å². The van der Waals surface area contributed by atoms with Gasteiger partial charge in [0.1, 0.15) is 10.7 Å². The van der Waals surface area contributed by atoms with Crippen molar-refractivity contribution >= 4 is 39.2 Å². The number of carbonyl (C=O) groups excluding carboxylic acids is 1. The van der Waals surface area contributed by atoms with E-state index in [0.717, 1.165) is 41.0 Å². The monoisotopic (exact) mass is 395 g/mol. The van der Waals surface area contributed by atoms with Crippen LogP contribution in [0.4, 0.5) is 0 Å². The number of carbonyl (C=O) groups is 1. The van der Waals surface area contributed by atoms with Crippen molar-refractivity contribution in [3.63, 3.8) is 0 Å². The highest BCUT2D eigenvalue weighted by Gasteiger charge is 2.23. The van der Waals surface area contributed by atoms with Gasteiger partial charge in [0, 0.05) is 10.9 Å². The molecule has 1 amide bonds. The summed E-state index contributed by atoms with van der Waals surface area (Å²) in [5.41, 5.74) is 0.883. The van der Waals surface area contributed by atoms with Crippen LogP contribution in [-0.2, 0) is 10.5 Å². The van der Waals surface area contributed by atoms with Gasteiger partial charge in [-0.1, -0.05) is 0 Å². The Balaban J connectivity index is 1.59. The number of nitrogens with zero attached hydrogens (tertiary/aromatic N) is 1. The predicted octanol–water partition coefficient (Wildman–Crippen LogP) is 2.64. The Morgan fingerprint density at radius 3 is 2.77 bits per heavy atom. The smallest absolute Gasteiger partial charge is 0.259 e. The number of aromatic nitrogens is 2. The molecule has 2 heterocycles. The number of amides is 1. The van der Waals surface area contributed by atoms with E-state index in [1.165, 1.54) is 23.1 Å². The Bertz CT molecular complexity index is 853. The minimum Gasteiger partial charge on any atom is -0.393 e. The van der Waals surface area contributed by atoms with E-state index < -0.39 is 0 Å². The molecule has 1 saturated carbocycles. The Hall–Kier alpha value is -1.38. The molecule has 142 valence electrons. The Morgan fingerprint density at radius 1 is 1.38 bits per heavy atom. The maximum absolute atomic E-state index is 12.4. The molecule has 3 N–H and O–H groups in total. The van der Waals surface area contributed by atoms with Crippen molar-refractivity contribution in [3.05, 3.63) is 26.6 Å². The predicted molar refractivity (Wildman–Crippen MR) is 107 cm³/mol. The number of rotatable bonds is 5. The summed E-state index contributed by atoms with van der Waals surface area (Å²) in [5.74, 6) is 1.09. The molecular formula is C18H25N3O3S2. The van der Waals surface area contributed by atoms with Gasteiger partial charge in [-0.25, -0.2) is 4.98 Å². The van der Waals surface area contributed by atoms with Gasteiger partial charge in [-0.05, 0) is 52.0 Å². The van der Waals surface area contributed by atoms with Gasteiger partial charge >= 0.3 is 0 Å². The van der Waals surface area contributed by atoms with Crippen molar-refractivity contribution in [2.45, 2.75) is 69.6 Å². The van der Waals surface area contributed by atoms with Crippen LogP contribution in [0.2, 0.25) is 0 Å². The van der Waals surface area contributed by atoms with Crippen LogP contribution in [0.25, 0.3) is 10.2 Å². The minimum absolute atomic E-state index is 0.00243. The highest BCUT2D eigenvalue weighted by atomic mass is 32.2. The molecule has 2 aromatic heterocycles. The highest BCUT2D eigenvalue weighted by molar-refractivity contribution is 7.99. The lowest BCUT2D eigenvalue weighted by Crippen LogP contribution is -2.42. The molecule has 26 heavy (non-hydrogen) atoms. The SMILES string of the molecule is Cc1sc2nc(CSC(C)C(=O)NC3CCC(O)CC3)[nH]c(=O)c2c1C. The molecule has 0 saturated heterocycles. The van der Waals surface area contributed by atoms with Crippen LogP contribution in [0, 0.1) is 13.8 Å². The number of aromatic amines is 1. The number of aliphatic hydroxyl groups excluding tert-OH is 1. The molecule has 1 aliphatic carbocycles. The van der Waals surface area contributed by atoms with Crippen molar-refractivity contribution in [1.29, 1.82) is 0 Å². The van der Waals surface area contributed by atoms with E-state index in [9.17, 15) is 14.7 Å². The minimum atomic E-state index is -0.227. The Kier molecular flexibility index (Phi) is 6.04. The van der Waals surface area contributed by atoms with Crippen LogP contribution in [0.15, 0.2) is 4.79 Å². The number of hydrogen-bond acceptors (Lipinski definition) is 6. The first-order chi connectivity index (χ1) is 12.3. The van der Waals surface area contributed by atoms with Crippen LogP contribution in [-0.4, -0.2) is 38.4 Å². The summed E-state index contributed by atoms with van der Waals surface area (Å²) >= 11 is 3.00. The number of aryl methyl sites for hydroxylation is 2. The average molecular weight is 396 g/mol. The first-order valence-electron chi connectivity index (χ1n) is 8.94. The lowest BCUT2D eigenvalue weighted by atomic mass is 9.93. The van der Waals surface area contributed by atoms with Gasteiger partial charge in [-0.15, -0.1) is 23.1 Å². The standard InChI is InChI=1S/C18H25N3O3S2/c1-9-10(2)26-18-15(9)17(24)20-14(21-18)8-25-11(3)16(23)19-12-4-6-13(22)7-5-12/h11-13,22H,4-8H2,1-3H3,(H,19,23)(H,20,21,24). The molecule has 0 aliphatic heterocycles. The molecule has 1 fully saturated rings. The first-order valence-corrected chi connectivity index (χ1v) is 10.8. The van der Waals surface area contributed by atoms with Gasteiger partial charge < -0.3 is 15.4 Å². The average Bonchev–Trinajstić information content (AvgIpc) is 2.89. The first kappa shape index (κ1) is 19.4. The number of H-pyrrole nitrogens is 1. The summed E-state index contributed by atoms with van der Waals surface area (Å²) in [6.45, 7) is 5.80. The quantitative estimate of drug-likeness (QED) is 0.723. The summed E-state index contributed by atoms with van der Waals surface area (Å²) in [6.07, 6.45) is 2.92. The fourth-order valence-corrected chi connectivity index (χ4v) is 5.00. The fraction of sp³-hybridized carbons (Fsp3) is 0.611. The largest absolute Gasteiger partial charge is 0.393 e. The fourth-order valence-electron chi connectivity index (χ4n) is 3.19. The molecule has 1 atom stereocenters. The lowest BCUT2D eigenvalue weighted by molar-refractivity contribution is -0.121. The Morgan fingerprint density at radius 2 is 2.08 bits per heavy atom. The highest BCUT2D eigenvalue weighted by Crippen LogP contribution is 2.26. The van der Waals surface area contributed by atoms with Crippen LogP contribution in [0.5, 0.6) is 0 Å². The number of thioether (sulfide) groups is 1. The molecule has 1 aliphatic rings. The van der Waals surface area contributed by atoms with E-state index in [-0.39, 0.29) is 28.9 Å². The molecule has 1 unspecified atom stereocenters. The van der Waals surface area contributed by atoms with Crippen molar-refractivity contribution in [3.8, 4) is 0 Å². The van der Waals surface area contributed by atoms with Gasteiger partial charge in [0.15, 0.2) is 0 Å². The summed E-state index contributed by atoms with van der Waals surface area (Å²) in [5, 5.41) is 13.1. The van der Waals surface area contributed by atoms with Crippen molar-refractivity contribution < 1.29 is 9.90 Å². The molecule has 6 nitrogen and oxygen atoms in total. The number of nitrogens with one attached hydrogen (secondary N) is 2. The van der Waals surface area contributed by atoms with E-state index >= 15 is 0 Å². The topological polar surface area (TPSA) is 95.1 Å². The normalized spacial score (nSPS) is 21.7. The zero-order valence-electron chi connectivity index (χ0n) is 15.3. The molecular weight excluding hydrogens is 370 g/mol. The van der Waals surface area contributed by atoms with Crippen LogP contribution in [0.1, 0.15) is 48.9 Å². The molecule has 0 spiro atoms. The van der Waals surface area contributed by atoms with E-state index in [1.54, 1.807) is 0 Å². The van der Waals surface area contributed by atoms with Gasteiger partial charge in [0.25, 0.3) is 5.56 Å². The van der Waals surface area contributed by atoms with Crippen molar-refractivity contribution in [2.24, 2.45) is 0 Å². The van der Waals surface area contributed by atoms with Crippen molar-refractivity contribution in [2.75, 3.05) is 0 Å². The van der Waals surface area contributed by atoms with Crippen molar-refractivity contribution in [1.82, 2.24) is 15.3 Å². The van der Waals surface area contributed by atoms with E-state index in [4.69, 9.17) is 0 Å². The maximum atomic E-state index is 12.4. The molecule has 2 aromatic rings. The summed E-state index contributed by atoms with van der Waals surface area (Å²) in [7, 11) is 0. The number of fused-ring (bicyclic) bond motifs is 1. The van der Waals surface area contributed by atoms with Crippen LogP contribution in [0.3, 0.4) is 0 Å². The third kappa shape index (κ3) is 4.29. The zero-order valence-corrected chi connectivity index (χ0v) is 16.9. The second-order valence-corrected chi connectivity index (χ2v) is 9.48. The number of aliphatic hydroxyl groups is 1. The molecule has 0 aromatic carbocycles. The van der Waals surface area contributed by atoms with Gasteiger partial charge in [-0.2, -0.15) is 0 Å². The second-order valence-electron chi connectivity index (χ2n) is 6.94. The summed E-state index contributed by atoms with van der Waals surface area (Å²) in [4.78, 5) is 33.9. The third-order valence-corrected chi connectivity index (χ3v) is 7.23. The number of thiophene rings is 1. The molecule has 0 bridgehead atoms. The summed E-state index contributed by atoms with van der Waals surface area (Å²) in [6, 6.07) is 0.153. The second kappa shape index (κ2) is 8.10. The van der Waals surface area contributed by atoms with E-state index in [2.05, 4.69) is 15.3 Å². The number of hydrogen-bond donors (Lipinski definition) is 3. The third-order valence-electron chi connectivity index (χ3n) is 4.97. The Labute approximate surface area is 160 Å². The van der Waals surface area contributed by atoms with E-state index in [0.29, 0.717) is 17.0 Å². The summed E-state index contributed by atoms with van der Waals surface area (Å²) < 4.78 is 0. The van der Waals surface area contributed by atoms with Crippen LogP contribution < -0.4 is 10.9 Å². The molecule has 8 heteroatoms. The van der Waals surface area contributed by atoms with Gasteiger partial charge in [-0.3, -0.25) is 9.59 Å². The zero-order chi connectivity index (χ0) is 18.8. The van der Waals surface area contributed by atoms with E-state index in [1.807, 2.05) is 20.8 Å². The maximum Gasteiger partial charge on any atom is 0.259 e. The van der Waals surface area contributed by atoms with Gasteiger partial charge in [0.05, 0.1) is 22.5 Å². The molecule has 3 rings (SSSR count). The molecule has 0 radical (unpaired) electrons. The lowest BCUT2D eigenvalue weighted by Gasteiger charge is -2.27. The van der Waals surface area contributed by atoms with Gasteiger partial charge in [0.2, 0.25) is 5.91 Å².